The Morgan fingerprint density at radius 2 is 1.92 bits per heavy atom. The Labute approximate surface area is 140 Å². The highest BCUT2D eigenvalue weighted by molar-refractivity contribution is 5.92. The number of aromatic amines is 1. The Morgan fingerprint density at radius 3 is 2.52 bits per heavy atom. The van der Waals surface area contributed by atoms with E-state index in [2.05, 4.69) is 5.32 Å². The maximum absolute atomic E-state index is 12.7. The number of H-pyrrole nitrogens is 1. The van der Waals surface area contributed by atoms with Gasteiger partial charge < -0.3 is 19.8 Å². The molecule has 0 fully saturated rings. The predicted octanol–water partition coefficient (Wildman–Crippen LogP) is 2.59. The van der Waals surface area contributed by atoms with Gasteiger partial charge in [0.15, 0.2) is 0 Å². The van der Waals surface area contributed by atoms with Crippen LogP contribution in [0, 0.1) is 0 Å². The maximum atomic E-state index is 12.7. The van der Waals surface area contributed by atoms with Crippen LogP contribution in [-0.2, 0) is 17.4 Å². The normalized spacial score (nSPS) is 11.1. The Balaban J connectivity index is 2.22. The zero-order chi connectivity index (χ0) is 18.6. The smallest absolute Gasteiger partial charge is 0.417 e. The van der Waals surface area contributed by atoms with Crippen LogP contribution in [0.2, 0.25) is 0 Å². The monoisotopic (exact) mass is 356 g/mol. The fraction of sp³-hybridized carbons (Fsp3) is 0.250. The number of benzene rings is 1. The summed E-state index contributed by atoms with van der Waals surface area (Å²) in [7, 11) is 2.87. The number of rotatable bonds is 5. The van der Waals surface area contributed by atoms with Crippen molar-refractivity contribution in [2.24, 2.45) is 0 Å². The molecule has 0 bridgehead atoms. The van der Waals surface area contributed by atoms with E-state index >= 15 is 0 Å². The average Bonchev–Trinajstić information content (AvgIpc) is 2.55. The van der Waals surface area contributed by atoms with Gasteiger partial charge in [0, 0.05) is 11.8 Å². The molecule has 0 aliphatic carbocycles. The molecule has 2 rings (SSSR count). The van der Waals surface area contributed by atoms with E-state index in [0.717, 1.165) is 0 Å². The highest BCUT2D eigenvalue weighted by atomic mass is 19.4. The lowest BCUT2D eigenvalue weighted by molar-refractivity contribution is -0.137. The molecule has 134 valence electrons. The summed E-state index contributed by atoms with van der Waals surface area (Å²) in [5.74, 6) is 0.228. The SMILES string of the molecule is COc1ccc(OC)c(CC(=O)Nc2cc(C(F)(F)F)c[nH]c2=O)c1. The summed E-state index contributed by atoms with van der Waals surface area (Å²) in [6.07, 6.45) is -4.31. The maximum Gasteiger partial charge on any atom is 0.417 e. The third-order valence-corrected chi connectivity index (χ3v) is 3.34. The van der Waals surface area contributed by atoms with Gasteiger partial charge in [0.25, 0.3) is 5.56 Å². The van der Waals surface area contributed by atoms with Crippen LogP contribution in [0.15, 0.2) is 35.3 Å². The fourth-order valence-corrected chi connectivity index (χ4v) is 2.13. The molecule has 0 radical (unpaired) electrons. The Morgan fingerprint density at radius 1 is 1.20 bits per heavy atom. The second-order valence-corrected chi connectivity index (χ2v) is 5.03. The Kier molecular flexibility index (Phi) is 5.35. The fourth-order valence-electron chi connectivity index (χ4n) is 2.13. The molecule has 2 aromatic rings. The quantitative estimate of drug-likeness (QED) is 0.863. The van der Waals surface area contributed by atoms with E-state index in [4.69, 9.17) is 9.47 Å². The molecular formula is C16H15F3N2O4. The zero-order valence-electron chi connectivity index (χ0n) is 13.4. The minimum Gasteiger partial charge on any atom is -0.497 e. The molecule has 1 aromatic heterocycles. The largest absolute Gasteiger partial charge is 0.497 e. The number of anilines is 1. The van der Waals surface area contributed by atoms with Crippen molar-refractivity contribution < 1.29 is 27.4 Å². The summed E-state index contributed by atoms with van der Waals surface area (Å²) >= 11 is 0. The van der Waals surface area contributed by atoms with Crippen LogP contribution < -0.4 is 20.3 Å². The number of amides is 1. The van der Waals surface area contributed by atoms with Gasteiger partial charge in [0.05, 0.1) is 26.2 Å². The van der Waals surface area contributed by atoms with Crippen molar-refractivity contribution in [2.45, 2.75) is 12.6 Å². The van der Waals surface area contributed by atoms with Gasteiger partial charge in [0.2, 0.25) is 5.91 Å². The van der Waals surface area contributed by atoms with Crippen molar-refractivity contribution in [1.82, 2.24) is 4.98 Å². The minimum absolute atomic E-state index is 0.212. The number of carbonyl (C=O) groups excluding carboxylic acids is 1. The standard InChI is InChI=1S/C16H15F3N2O4/c1-24-11-3-4-13(25-2)9(5-11)6-14(22)21-12-7-10(16(17,18)19)8-20-15(12)23/h3-5,7-8H,6H2,1-2H3,(H,20,23)(H,21,22). The number of ether oxygens (including phenoxy) is 2. The number of alkyl halides is 3. The van der Waals surface area contributed by atoms with Crippen molar-refractivity contribution in [3.05, 3.63) is 51.9 Å². The molecule has 0 atom stereocenters. The lowest BCUT2D eigenvalue weighted by Gasteiger charge is -2.11. The van der Waals surface area contributed by atoms with Crippen molar-refractivity contribution in [3.8, 4) is 11.5 Å². The summed E-state index contributed by atoms with van der Waals surface area (Å²) in [4.78, 5) is 25.7. The molecular weight excluding hydrogens is 341 g/mol. The van der Waals surface area contributed by atoms with Gasteiger partial charge in [-0.05, 0) is 24.3 Å². The molecule has 0 aliphatic rings. The molecule has 1 amide bonds. The predicted molar refractivity (Wildman–Crippen MR) is 83.9 cm³/mol. The number of aromatic nitrogens is 1. The Hall–Kier alpha value is -2.97. The zero-order valence-corrected chi connectivity index (χ0v) is 13.4. The number of hydrogen-bond donors (Lipinski definition) is 2. The summed E-state index contributed by atoms with van der Waals surface area (Å²) in [6, 6.07) is 5.38. The van der Waals surface area contributed by atoms with Crippen LogP contribution in [-0.4, -0.2) is 25.1 Å². The van der Waals surface area contributed by atoms with E-state index in [9.17, 15) is 22.8 Å². The van der Waals surface area contributed by atoms with Gasteiger partial charge in [0.1, 0.15) is 17.2 Å². The summed E-state index contributed by atoms with van der Waals surface area (Å²) in [5.41, 5.74) is -1.93. The number of halogens is 3. The van der Waals surface area contributed by atoms with E-state index in [1.54, 1.807) is 18.2 Å². The number of pyridine rings is 1. The van der Waals surface area contributed by atoms with E-state index in [1.807, 2.05) is 4.98 Å². The molecule has 0 saturated carbocycles. The van der Waals surface area contributed by atoms with Crippen molar-refractivity contribution in [2.75, 3.05) is 19.5 Å². The van der Waals surface area contributed by atoms with Gasteiger partial charge in [-0.15, -0.1) is 0 Å². The minimum atomic E-state index is -4.64. The molecule has 0 aliphatic heterocycles. The molecule has 0 spiro atoms. The summed E-state index contributed by atoms with van der Waals surface area (Å²) < 4.78 is 48.3. The molecule has 1 heterocycles. The third kappa shape index (κ3) is 4.52. The first kappa shape index (κ1) is 18.4. The molecule has 2 N–H and O–H groups in total. The van der Waals surface area contributed by atoms with Crippen LogP contribution >= 0.6 is 0 Å². The molecule has 1 aromatic carbocycles. The van der Waals surface area contributed by atoms with Crippen LogP contribution in [0.5, 0.6) is 11.5 Å². The Bertz CT molecular complexity index is 831. The molecule has 0 saturated heterocycles. The number of nitrogens with one attached hydrogen (secondary N) is 2. The van der Waals surface area contributed by atoms with Crippen molar-refractivity contribution >= 4 is 11.6 Å². The first-order valence-electron chi connectivity index (χ1n) is 7.05. The highest BCUT2D eigenvalue weighted by Gasteiger charge is 2.31. The average molecular weight is 356 g/mol. The highest BCUT2D eigenvalue weighted by Crippen LogP contribution is 2.29. The topological polar surface area (TPSA) is 80.4 Å². The molecule has 9 heteroatoms. The van der Waals surface area contributed by atoms with Gasteiger partial charge in [-0.1, -0.05) is 0 Å². The van der Waals surface area contributed by atoms with E-state index in [-0.39, 0.29) is 6.42 Å². The first-order chi connectivity index (χ1) is 11.7. The lowest BCUT2D eigenvalue weighted by Crippen LogP contribution is -2.22. The van der Waals surface area contributed by atoms with Crippen molar-refractivity contribution in [1.29, 1.82) is 0 Å². The third-order valence-electron chi connectivity index (χ3n) is 3.34. The van der Waals surface area contributed by atoms with E-state index in [1.165, 1.54) is 14.2 Å². The van der Waals surface area contributed by atoms with Gasteiger partial charge >= 0.3 is 6.18 Å². The van der Waals surface area contributed by atoms with Crippen LogP contribution in [0.1, 0.15) is 11.1 Å². The number of carbonyl (C=O) groups is 1. The molecule has 25 heavy (non-hydrogen) atoms. The van der Waals surface area contributed by atoms with Gasteiger partial charge in [-0.2, -0.15) is 13.2 Å². The second kappa shape index (κ2) is 7.29. The molecule has 6 nitrogen and oxygen atoms in total. The second-order valence-electron chi connectivity index (χ2n) is 5.03. The van der Waals surface area contributed by atoms with E-state index < -0.39 is 28.9 Å². The van der Waals surface area contributed by atoms with Gasteiger partial charge in [-0.3, -0.25) is 9.59 Å². The van der Waals surface area contributed by atoms with Crippen LogP contribution in [0.3, 0.4) is 0 Å². The van der Waals surface area contributed by atoms with Crippen molar-refractivity contribution in [3.63, 3.8) is 0 Å². The van der Waals surface area contributed by atoms with E-state index in [0.29, 0.717) is 29.3 Å². The first-order valence-corrected chi connectivity index (χ1v) is 7.05. The van der Waals surface area contributed by atoms with Crippen LogP contribution in [0.25, 0.3) is 0 Å². The van der Waals surface area contributed by atoms with Gasteiger partial charge in [-0.25, -0.2) is 0 Å². The number of hydrogen-bond acceptors (Lipinski definition) is 4. The summed E-state index contributed by atoms with van der Waals surface area (Å²) in [5, 5.41) is 2.18. The molecule has 0 unspecified atom stereocenters. The lowest BCUT2D eigenvalue weighted by atomic mass is 10.1. The summed E-state index contributed by atoms with van der Waals surface area (Å²) in [6.45, 7) is 0. The van der Waals surface area contributed by atoms with Crippen LogP contribution in [0.4, 0.5) is 18.9 Å². The number of methoxy groups -OCH3 is 2.